The number of para-hydroxylation sites is 1. The van der Waals surface area contributed by atoms with Crippen LogP contribution in [0.15, 0.2) is 24.3 Å². The van der Waals surface area contributed by atoms with Gasteiger partial charge in [0.05, 0.1) is 18.7 Å². The van der Waals surface area contributed by atoms with Gasteiger partial charge in [-0.1, -0.05) is 25.1 Å². The van der Waals surface area contributed by atoms with Gasteiger partial charge >= 0.3 is 0 Å². The maximum atomic E-state index is 5.86. The van der Waals surface area contributed by atoms with Crippen LogP contribution in [0.3, 0.4) is 0 Å². The zero-order valence-corrected chi connectivity index (χ0v) is 14.6. The standard InChI is InChI=1S/C18H22N6O/c1-3-16-21-18(23-22-16)15-10-24(8-9-25-15)11-17-19-12(2)13-6-4-5-7-14(13)20-17/h4-7,15H,3,8-11H2,1-2H3,(H,21,22,23). The van der Waals surface area contributed by atoms with Gasteiger partial charge in [0.15, 0.2) is 5.82 Å². The van der Waals surface area contributed by atoms with Crippen molar-refractivity contribution >= 4 is 10.9 Å². The summed E-state index contributed by atoms with van der Waals surface area (Å²) in [6, 6.07) is 8.13. The van der Waals surface area contributed by atoms with Crippen molar-refractivity contribution in [3.8, 4) is 0 Å². The number of morpholine rings is 1. The minimum absolute atomic E-state index is 0.105. The molecule has 130 valence electrons. The van der Waals surface area contributed by atoms with Crippen molar-refractivity contribution in [2.24, 2.45) is 0 Å². The number of ether oxygens (including phenoxy) is 1. The van der Waals surface area contributed by atoms with Crippen molar-refractivity contribution in [3.05, 3.63) is 47.4 Å². The van der Waals surface area contributed by atoms with Crippen molar-refractivity contribution in [1.29, 1.82) is 0 Å². The number of hydrogen-bond acceptors (Lipinski definition) is 6. The fourth-order valence-corrected chi connectivity index (χ4v) is 3.18. The Morgan fingerprint density at radius 1 is 1.24 bits per heavy atom. The monoisotopic (exact) mass is 338 g/mol. The van der Waals surface area contributed by atoms with E-state index >= 15 is 0 Å². The molecule has 25 heavy (non-hydrogen) atoms. The average Bonchev–Trinajstić information content (AvgIpc) is 3.11. The van der Waals surface area contributed by atoms with Gasteiger partial charge in [-0.2, -0.15) is 5.10 Å². The van der Waals surface area contributed by atoms with E-state index in [1.807, 2.05) is 25.1 Å². The number of nitrogens with zero attached hydrogens (tertiary/aromatic N) is 5. The van der Waals surface area contributed by atoms with Crippen molar-refractivity contribution in [3.63, 3.8) is 0 Å². The van der Waals surface area contributed by atoms with Gasteiger partial charge in [0.1, 0.15) is 17.8 Å². The second-order valence-corrected chi connectivity index (χ2v) is 6.33. The molecular weight excluding hydrogens is 316 g/mol. The number of aromatic nitrogens is 5. The largest absolute Gasteiger partial charge is 0.367 e. The second-order valence-electron chi connectivity index (χ2n) is 6.33. The third-order valence-electron chi connectivity index (χ3n) is 4.53. The Morgan fingerprint density at radius 3 is 2.96 bits per heavy atom. The molecule has 1 fully saturated rings. The first-order valence-corrected chi connectivity index (χ1v) is 8.70. The molecule has 1 aliphatic rings. The van der Waals surface area contributed by atoms with Crippen LogP contribution in [0.2, 0.25) is 0 Å². The zero-order chi connectivity index (χ0) is 17.2. The summed E-state index contributed by atoms with van der Waals surface area (Å²) in [5.41, 5.74) is 2.02. The Hall–Kier alpha value is -2.38. The molecule has 1 aliphatic heterocycles. The molecule has 7 heteroatoms. The van der Waals surface area contributed by atoms with Crippen LogP contribution in [0, 0.1) is 6.92 Å². The van der Waals surface area contributed by atoms with Gasteiger partial charge in [-0.25, -0.2) is 15.0 Å². The van der Waals surface area contributed by atoms with E-state index in [0.29, 0.717) is 13.2 Å². The van der Waals surface area contributed by atoms with Gasteiger partial charge in [-0.15, -0.1) is 0 Å². The highest BCUT2D eigenvalue weighted by Crippen LogP contribution is 2.21. The predicted octanol–water partition coefficient (Wildman–Crippen LogP) is 2.19. The van der Waals surface area contributed by atoms with E-state index in [9.17, 15) is 0 Å². The van der Waals surface area contributed by atoms with E-state index in [0.717, 1.165) is 53.6 Å². The average molecular weight is 338 g/mol. The highest BCUT2D eigenvalue weighted by molar-refractivity contribution is 5.80. The van der Waals surface area contributed by atoms with Crippen LogP contribution in [-0.2, 0) is 17.7 Å². The highest BCUT2D eigenvalue weighted by Gasteiger charge is 2.26. The maximum absolute atomic E-state index is 5.86. The summed E-state index contributed by atoms with van der Waals surface area (Å²) in [5, 5.41) is 8.36. The molecule has 0 amide bonds. The molecule has 1 aromatic carbocycles. The summed E-state index contributed by atoms with van der Waals surface area (Å²) >= 11 is 0. The van der Waals surface area contributed by atoms with Crippen LogP contribution in [-0.4, -0.2) is 49.7 Å². The lowest BCUT2D eigenvalue weighted by Gasteiger charge is -2.31. The van der Waals surface area contributed by atoms with Crippen LogP contribution >= 0.6 is 0 Å². The number of fused-ring (bicyclic) bond motifs is 1. The van der Waals surface area contributed by atoms with E-state index in [1.165, 1.54) is 0 Å². The first-order valence-electron chi connectivity index (χ1n) is 8.70. The topological polar surface area (TPSA) is 79.8 Å². The fourth-order valence-electron chi connectivity index (χ4n) is 3.18. The third-order valence-corrected chi connectivity index (χ3v) is 4.53. The van der Waals surface area contributed by atoms with Crippen molar-refractivity contribution < 1.29 is 4.74 Å². The second kappa shape index (κ2) is 6.85. The van der Waals surface area contributed by atoms with Gasteiger partial charge < -0.3 is 4.74 Å². The predicted molar refractivity (Wildman–Crippen MR) is 94.0 cm³/mol. The fraction of sp³-hybridized carbons (Fsp3) is 0.444. The Balaban J connectivity index is 1.50. The van der Waals surface area contributed by atoms with E-state index < -0.39 is 0 Å². The number of nitrogens with one attached hydrogen (secondary N) is 1. The van der Waals surface area contributed by atoms with Gasteiger partial charge in [0.2, 0.25) is 0 Å². The minimum Gasteiger partial charge on any atom is -0.367 e. The summed E-state index contributed by atoms with van der Waals surface area (Å²) in [6.45, 7) is 7.06. The molecule has 1 N–H and O–H groups in total. The Bertz CT molecular complexity index is 877. The summed E-state index contributed by atoms with van der Waals surface area (Å²) < 4.78 is 5.86. The van der Waals surface area contributed by atoms with E-state index in [4.69, 9.17) is 9.72 Å². The van der Waals surface area contributed by atoms with Crippen molar-refractivity contribution in [2.45, 2.75) is 32.9 Å². The molecule has 3 aromatic rings. The number of aryl methyl sites for hydroxylation is 2. The first kappa shape index (κ1) is 16.1. The van der Waals surface area contributed by atoms with Gasteiger partial charge in [-0.05, 0) is 13.0 Å². The lowest BCUT2D eigenvalue weighted by Crippen LogP contribution is -2.38. The van der Waals surface area contributed by atoms with Crippen LogP contribution in [0.1, 0.15) is 36.2 Å². The molecule has 0 spiro atoms. The molecule has 4 rings (SSSR count). The van der Waals surface area contributed by atoms with Gasteiger partial charge in [0, 0.05) is 30.6 Å². The SMILES string of the molecule is CCc1nc(C2CN(Cc3nc(C)c4ccccc4n3)CCO2)n[nH]1. The molecule has 3 heterocycles. The molecule has 1 atom stereocenters. The highest BCUT2D eigenvalue weighted by atomic mass is 16.5. The first-order chi connectivity index (χ1) is 12.2. The molecule has 2 aromatic heterocycles. The summed E-state index contributed by atoms with van der Waals surface area (Å²) in [5.74, 6) is 2.47. The molecular formula is C18H22N6O. The van der Waals surface area contributed by atoms with Crippen molar-refractivity contribution in [1.82, 2.24) is 30.0 Å². The molecule has 0 saturated carbocycles. The molecule has 7 nitrogen and oxygen atoms in total. The van der Waals surface area contributed by atoms with Crippen molar-refractivity contribution in [2.75, 3.05) is 19.7 Å². The normalized spacial score (nSPS) is 18.7. The smallest absolute Gasteiger partial charge is 0.180 e. The van der Waals surface area contributed by atoms with Gasteiger partial charge in [-0.3, -0.25) is 10.00 Å². The maximum Gasteiger partial charge on any atom is 0.180 e. The number of aromatic amines is 1. The summed E-state index contributed by atoms with van der Waals surface area (Å²) in [4.78, 5) is 16.2. The molecule has 1 saturated heterocycles. The van der Waals surface area contributed by atoms with Crippen LogP contribution in [0.25, 0.3) is 10.9 Å². The van der Waals surface area contributed by atoms with Crippen LogP contribution in [0.4, 0.5) is 0 Å². The number of H-pyrrole nitrogens is 1. The van der Waals surface area contributed by atoms with Gasteiger partial charge in [0.25, 0.3) is 0 Å². The molecule has 1 unspecified atom stereocenters. The Kier molecular flexibility index (Phi) is 4.42. The quantitative estimate of drug-likeness (QED) is 0.785. The Labute approximate surface area is 146 Å². The molecule has 0 radical (unpaired) electrons. The lowest BCUT2D eigenvalue weighted by molar-refractivity contribution is -0.0377. The number of rotatable bonds is 4. The number of benzene rings is 1. The lowest BCUT2D eigenvalue weighted by atomic mass is 10.2. The molecule has 0 bridgehead atoms. The van der Waals surface area contributed by atoms with E-state index in [-0.39, 0.29) is 6.10 Å². The third kappa shape index (κ3) is 3.38. The summed E-state index contributed by atoms with van der Waals surface area (Å²) in [7, 11) is 0. The Morgan fingerprint density at radius 2 is 2.12 bits per heavy atom. The summed E-state index contributed by atoms with van der Waals surface area (Å²) in [6.07, 6.45) is 0.736. The van der Waals surface area contributed by atoms with Crippen LogP contribution < -0.4 is 0 Å². The number of hydrogen-bond donors (Lipinski definition) is 1. The van der Waals surface area contributed by atoms with E-state index in [1.54, 1.807) is 0 Å². The molecule has 0 aliphatic carbocycles. The minimum atomic E-state index is -0.105. The van der Waals surface area contributed by atoms with Crippen LogP contribution in [0.5, 0.6) is 0 Å². The van der Waals surface area contributed by atoms with E-state index in [2.05, 4.69) is 38.1 Å². The zero-order valence-electron chi connectivity index (χ0n) is 14.6.